The predicted molar refractivity (Wildman–Crippen MR) is 57.3 cm³/mol. The van der Waals surface area contributed by atoms with Crippen LogP contribution in [-0.4, -0.2) is 32.8 Å². The van der Waals surface area contributed by atoms with Crippen LogP contribution in [0.3, 0.4) is 0 Å². The molecule has 0 aromatic heterocycles. The molecule has 2 unspecified atom stereocenters. The van der Waals surface area contributed by atoms with Crippen LogP contribution in [0.5, 0.6) is 0 Å². The molecule has 2 atom stereocenters. The zero-order valence-corrected chi connectivity index (χ0v) is 9.70. The summed E-state index contributed by atoms with van der Waals surface area (Å²) in [6.07, 6.45) is -3.05. The summed E-state index contributed by atoms with van der Waals surface area (Å²) in [7, 11) is 0. The van der Waals surface area contributed by atoms with Crippen molar-refractivity contribution in [1.29, 1.82) is 0 Å². The van der Waals surface area contributed by atoms with Crippen molar-refractivity contribution in [3.8, 4) is 0 Å². The summed E-state index contributed by atoms with van der Waals surface area (Å²) in [6, 6.07) is 7.37. The van der Waals surface area contributed by atoms with Crippen molar-refractivity contribution in [2.75, 3.05) is 6.61 Å². The molecule has 0 aliphatic heterocycles. The van der Waals surface area contributed by atoms with Crippen LogP contribution in [0.1, 0.15) is 10.4 Å². The van der Waals surface area contributed by atoms with E-state index in [-0.39, 0.29) is 5.56 Å². The van der Waals surface area contributed by atoms with Crippen LogP contribution in [0.15, 0.2) is 30.3 Å². The number of halogens is 3. The van der Waals surface area contributed by atoms with Crippen molar-refractivity contribution in [3.63, 3.8) is 0 Å². The van der Waals surface area contributed by atoms with Gasteiger partial charge in [0.2, 0.25) is 17.3 Å². The summed E-state index contributed by atoms with van der Waals surface area (Å²) in [5.74, 6) is -0.988. The molecule has 18 heavy (non-hydrogen) atoms. The van der Waals surface area contributed by atoms with Crippen molar-refractivity contribution in [3.05, 3.63) is 35.9 Å². The molecule has 0 heterocycles. The standard InChI is InChI=1S/C10H9F3O4S/c11-8(10(12,13)18(15)16)6-17-9(14)7-4-2-1-3-5-7/h1-5,8H,6H2,(H,15,16). The molecule has 1 aromatic rings. The van der Waals surface area contributed by atoms with Crippen LogP contribution in [0.25, 0.3) is 0 Å². The Morgan fingerprint density at radius 3 is 2.44 bits per heavy atom. The van der Waals surface area contributed by atoms with Crippen molar-refractivity contribution < 1.29 is 31.5 Å². The topological polar surface area (TPSA) is 63.6 Å². The van der Waals surface area contributed by atoms with Gasteiger partial charge in [0.25, 0.3) is 0 Å². The number of carbonyl (C=O) groups excluding carboxylic acids is 1. The maximum atomic E-state index is 12.9. The van der Waals surface area contributed by atoms with Crippen LogP contribution in [0.2, 0.25) is 0 Å². The number of carbonyl (C=O) groups is 1. The molecule has 1 aromatic carbocycles. The van der Waals surface area contributed by atoms with E-state index >= 15 is 0 Å². The first kappa shape index (κ1) is 14.7. The summed E-state index contributed by atoms with van der Waals surface area (Å²) in [4.78, 5) is 11.3. The highest BCUT2D eigenvalue weighted by molar-refractivity contribution is 7.80. The van der Waals surface area contributed by atoms with E-state index < -0.39 is 35.1 Å². The second kappa shape index (κ2) is 5.96. The number of esters is 1. The van der Waals surface area contributed by atoms with E-state index in [0.29, 0.717) is 0 Å². The lowest BCUT2D eigenvalue weighted by Crippen LogP contribution is -2.38. The highest BCUT2D eigenvalue weighted by atomic mass is 32.2. The highest BCUT2D eigenvalue weighted by Crippen LogP contribution is 2.25. The molecular weight excluding hydrogens is 273 g/mol. The Morgan fingerprint density at radius 2 is 1.94 bits per heavy atom. The van der Waals surface area contributed by atoms with Crippen molar-refractivity contribution in [1.82, 2.24) is 0 Å². The van der Waals surface area contributed by atoms with Gasteiger partial charge in [0.05, 0.1) is 5.56 Å². The Balaban J connectivity index is 2.56. The number of alkyl halides is 3. The Bertz CT molecular complexity index is 438. The summed E-state index contributed by atoms with van der Waals surface area (Å²) in [6.45, 7) is -1.30. The van der Waals surface area contributed by atoms with Crippen LogP contribution >= 0.6 is 0 Å². The molecule has 1 rings (SSSR count). The number of hydrogen-bond acceptors (Lipinski definition) is 3. The van der Waals surface area contributed by atoms with Gasteiger partial charge in [-0.25, -0.2) is 13.4 Å². The van der Waals surface area contributed by atoms with Gasteiger partial charge in [0.15, 0.2) is 0 Å². The fourth-order valence-electron chi connectivity index (χ4n) is 1.01. The Hall–Kier alpha value is -1.41. The molecule has 0 aliphatic carbocycles. The molecule has 8 heteroatoms. The van der Waals surface area contributed by atoms with E-state index in [1.165, 1.54) is 24.3 Å². The lowest BCUT2D eigenvalue weighted by atomic mass is 10.2. The molecule has 0 amide bonds. The van der Waals surface area contributed by atoms with Crippen LogP contribution in [-0.2, 0) is 15.8 Å². The van der Waals surface area contributed by atoms with Crippen molar-refractivity contribution in [2.45, 2.75) is 11.4 Å². The maximum absolute atomic E-state index is 12.9. The second-order valence-electron chi connectivity index (χ2n) is 3.24. The van der Waals surface area contributed by atoms with Gasteiger partial charge >= 0.3 is 11.2 Å². The minimum atomic E-state index is -4.48. The van der Waals surface area contributed by atoms with E-state index in [2.05, 4.69) is 4.74 Å². The summed E-state index contributed by atoms with van der Waals surface area (Å²) >= 11 is -3.66. The first-order valence-corrected chi connectivity index (χ1v) is 5.81. The van der Waals surface area contributed by atoms with Crippen LogP contribution < -0.4 is 0 Å². The zero-order valence-electron chi connectivity index (χ0n) is 8.89. The summed E-state index contributed by atoms with van der Waals surface area (Å²) < 4.78 is 60.9. The van der Waals surface area contributed by atoms with Crippen LogP contribution in [0, 0.1) is 0 Å². The van der Waals surface area contributed by atoms with Gasteiger partial charge in [0, 0.05) is 0 Å². The number of hydrogen-bond donors (Lipinski definition) is 1. The van der Waals surface area contributed by atoms with E-state index in [1.54, 1.807) is 6.07 Å². The lowest BCUT2D eigenvalue weighted by molar-refractivity contribution is -0.0315. The monoisotopic (exact) mass is 282 g/mol. The third-order valence-electron chi connectivity index (χ3n) is 1.97. The molecule has 0 bridgehead atoms. The minimum Gasteiger partial charge on any atom is -0.459 e. The average Bonchev–Trinajstić information content (AvgIpc) is 2.36. The van der Waals surface area contributed by atoms with Crippen molar-refractivity contribution >= 4 is 17.0 Å². The third-order valence-corrected chi connectivity index (χ3v) is 2.69. The average molecular weight is 282 g/mol. The van der Waals surface area contributed by atoms with Gasteiger partial charge in [-0.1, -0.05) is 18.2 Å². The van der Waals surface area contributed by atoms with Gasteiger partial charge in [-0.15, -0.1) is 0 Å². The Labute approximate surface area is 103 Å². The fraction of sp³-hybridized carbons (Fsp3) is 0.300. The number of rotatable bonds is 5. The molecule has 1 N–H and O–H groups in total. The number of benzene rings is 1. The van der Waals surface area contributed by atoms with Crippen molar-refractivity contribution in [2.24, 2.45) is 0 Å². The minimum absolute atomic E-state index is 0.0677. The maximum Gasteiger partial charge on any atom is 0.378 e. The highest BCUT2D eigenvalue weighted by Gasteiger charge is 2.47. The van der Waals surface area contributed by atoms with E-state index in [9.17, 15) is 22.2 Å². The predicted octanol–water partition coefficient (Wildman–Crippen LogP) is 2.00. The first-order chi connectivity index (χ1) is 8.35. The Morgan fingerprint density at radius 1 is 1.39 bits per heavy atom. The SMILES string of the molecule is O=C(OCC(F)C(F)(F)S(=O)O)c1ccccc1. The normalized spacial score (nSPS) is 14.9. The van der Waals surface area contributed by atoms with Crippen LogP contribution in [0.4, 0.5) is 13.2 Å². The molecule has 0 radical (unpaired) electrons. The quantitative estimate of drug-likeness (QED) is 0.662. The van der Waals surface area contributed by atoms with E-state index in [4.69, 9.17) is 4.55 Å². The fourth-order valence-corrected chi connectivity index (χ4v) is 1.30. The van der Waals surface area contributed by atoms with Gasteiger partial charge in [-0.3, -0.25) is 0 Å². The Kier molecular flexibility index (Phi) is 4.85. The first-order valence-electron chi connectivity index (χ1n) is 4.70. The molecular formula is C10H9F3O4S. The molecule has 0 spiro atoms. The van der Waals surface area contributed by atoms with Gasteiger partial charge in [0.1, 0.15) is 6.61 Å². The van der Waals surface area contributed by atoms with Gasteiger partial charge < -0.3 is 9.29 Å². The third kappa shape index (κ3) is 3.54. The largest absolute Gasteiger partial charge is 0.459 e. The molecule has 0 saturated heterocycles. The van der Waals surface area contributed by atoms with E-state index in [0.717, 1.165) is 0 Å². The second-order valence-corrected chi connectivity index (χ2v) is 4.29. The molecule has 0 fully saturated rings. The lowest BCUT2D eigenvalue weighted by Gasteiger charge is -2.16. The van der Waals surface area contributed by atoms with Gasteiger partial charge in [-0.2, -0.15) is 8.78 Å². The van der Waals surface area contributed by atoms with E-state index in [1.807, 2.05) is 0 Å². The molecule has 4 nitrogen and oxygen atoms in total. The summed E-state index contributed by atoms with van der Waals surface area (Å²) in [5, 5.41) is -4.48. The molecule has 100 valence electrons. The number of ether oxygens (including phenoxy) is 1. The molecule has 0 aliphatic rings. The zero-order chi connectivity index (χ0) is 13.8. The van der Waals surface area contributed by atoms with Gasteiger partial charge in [-0.05, 0) is 12.1 Å². The smallest absolute Gasteiger partial charge is 0.378 e. The summed E-state index contributed by atoms with van der Waals surface area (Å²) in [5.41, 5.74) is 0.0677. The molecule has 0 saturated carbocycles.